The highest BCUT2D eigenvalue weighted by atomic mass is 32.2. The second kappa shape index (κ2) is 9.48. The largest absolute Gasteiger partial charge is 0.376 e. The summed E-state index contributed by atoms with van der Waals surface area (Å²) in [5.74, 6) is -0.332. The molecule has 2 atom stereocenters. The van der Waals surface area contributed by atoms with Gasteiger partial charge in [-0.1, -0.05) is 35.2 Å². The van der Waals surface area contributed by atoms with Gasteiger partial charge in [0.25, 0.3) is 0 Å². The number of nitrogens with one attached hydrogen (secondary N) is 1. The molecule has 3 rings (SSSR count). The Morgan fingerprint density at radius 2 is 2.37 bits per heavy atom. The summed E-state index contributed by atoms with van der Waals surface area (Å²) in [6, 6.07) is 6.29. The van der Waals surface area contributed by atoms with Gasteiger partial charge in [-0.25, -0.2) is 4.39 Å². The van der Waals surface area contributed by atoms with Crippen molar-refractivity contribution < 1.29 is 13.9 Å². The molecule has 2 aromatic rings. The summed E-state index contributed by atoms with van der Waals surface area (Å²) in [6.45, 7) is 3.76. The maximum atomic E-state index is 13.3. The molecule has 0 saturated carbocycles. The Morgan fingerprint density at radius 3 is 3.11 bits per heavy atom. The van der Waals surface area contributed by atoms with Crippen LogP contribution < -0.4 is 5.32 Å². The molecule has 1 aliphatic rings. The second-order valence-electron chi connectivity index (χ2n) is 6.47. The Hall–Kier alpha value is -1.71. The molecule has 1 saturated heterocycles. The lowest BCUT2D eigenvalue weighted by atomic mass is 10.2. The molecule has 1 aromatic heterocycles. The molecular weight excluding hydrogens is 387 g/mol. The molecule has 0 bridgehead atoms. The predicted octanol–water partition coefficient (Wildman–Crippen LogP) is 3.41. The summed E-state index contributed by atoms with van der Waals surface area (Å²) in [7, 11) is 1.72. The first-order valence-corrected chi connectivity index (χ1v) is 10.6. The molecule has 146 valence electrons. The Balaban J connectivity index is 1.48. The van der Waals surface area contributed by atoms with Crippen molar-refractivity contribution in [1.29, 1.82) is 0 Å². The van der Waals surface area contributed by atoms with E-state index in [1.54, 1.807) is 24.1 Å². The Morgan fingerprint density at radius 1 is 1.52 bits per heavy atom. The molecule has 1 N–H and O–H groups in total. The first-order valence-electron chi connectivity index (χ1n) is 8.86. The summed E-state index contributed by atoms with van der Waals surface area (Å²) >= 11 is 2.81. The normalized spacial score (nSPS) is 17.7. The first kappa shape index (κ1) is 20.0. The lowest BCUT2D eigenvalue weighted by Gasteiger charge is -2.20. The van der Waals surface area contributed by atoms with Gasteiger partial charge in [0.05, 0.1) is 11.4 Å². The van der Waals surface area contributed by atoms with Crippen LogP contribution in [0.25, 0.3) is 0 Å². The fourth-order valence-electron chi connectivity index (χ4n) is 2.83. The maximum absolute atomic E-state index is 13.3. The predicted molar refractivity (Wildman–Crippen MR) is 106 cm³/mol. The number of anilines is 1. The van der Waals surface area contributed by atoms with Gasteiger partial charge in [0.15, 0.2) is 4.34 Å². The number of benzene rings is 1. The van der Waals surface area contributed by atoms with Crippen LogP contribution >= 0.6 is 23.1 Å². The number of rotatable bonds is 8. The smallest absolute Gasteiger partial charge is 0.235 e. The maximum Gasteiger partial charge on any atom is 0.235 e. The zero-order valence-electron chi connectivity index (χ0n) is 15.4. The van der Waals surface area contributed by atoms with E-state index in [4.69, 9.17) is 4.74 Å². The minimum atomic E-state index is -0.303. The van der Waals surface area contributed by atoms with Crippen molar-refractivity contribution >= 4 is 34.1 Å². The van der Waals surface area contributed by atoms with Crippen molar-refractivity contribution in [3.8, 4) is 0 Å². The van der Waals surface area contributed by atoms with Crippen LogP contribution in [0.4, 0.5) is 9.52 Å². The molecular formula is C18H23FN4O2S2. The van der Waals surface area contributed by atoms with Crippen molar-refractivity contribution in [2.24, 2.45) is 0 Å². The summed E-state index contributed by atoms with van der Waals surface area (Å²) in [5.41, 5.74) is 0.764. The summed E-state index contributed by atoms with van der Waals surface area (Å²) in [6.07, 6.45) is 2.41. The van der Waals surface area contributed by atoms with Gasteiger partial charge in [0, 0.05) is 26.7 Å². The second-order valence-corrected chi connectivity index (χ2v) is 9.04. The third-order valence-corrected chi connectivity index (χ3v) is 6.27. The van der Waals surface area contributed by atoms with Crippen LogP contribution in [0.5, 0.6) is 0 Å². The molecule has 0 aliphatic carbocycles. The number of carbonyl (C=O) groups is 1. The molecule has 0 spiro atoms. The van der Waals surface area contributed by atoms with Crippen molar-refractivity contribution in [3.63, 3.8) is 0 Å². The number of halogens is 1. The van der Waals surface area contributed by atoms with Gasteiger partial charge in [-0.15, -0.1) is 10.2 Å². The van der Waals surface area contributed by atoms with E-state index in [1.165, 1.54) is 35.2 Å². The fraction of sp³-hybridized carbons (Fsp3) is 0.500. The van der Waals surface area contributed by atoms with Crippen LogP contribution in [0.3, 0.4) is 0 Å². The number of amides is 1. The van der Waals surface area contributed by atoms with Crippen molar-refractivity contribution in [3.05, 3.63) is 35.6 Å². The van der Waals surface area contributed by atoms with Gasteiger partial charge < -0.3 is 15.0 Å². The van der Waals surface area contributed by atoms with Gasteiger partial charge in [0.2, 0.25) is 11.0 Å². The summed E-state index contributed by atoms with van der Waals surface area (Å²) in [5, 5.41) is 12.0. The van der Waals surface area contributed by atoms with Crippen LogP contribution in [0.2, 0.25) is 0 Å². The topological polar surface area (TPSA) is 67.4 Å². The molecule has 1 fully saturated rings. The van der Waals surface area contributed by atoms with E-state index in [9.17, 15) is 9.18 Å². The summed E-state index contributed by atoms with van der Waals surface area (Å²) in [4.78, 5) is 14.2. The number of hydrogen-bond acceptors (Lipinski definition) is 7. The van der Waals surface area contributed by atoms with Crippen LogP contribution in [-0.2, 0) is 16.1 Å². The highest BCUT2D eigenvalue weighted by Gasteiger charge is 2.21. The molecule has 1 aromatic carbocycles. The number of aromatic nitrogens is 2. The fourth-order valence-corrected chi connectivity index (χ4v) is 4.85. The number of ether oxygens (including phenoxy) is 1. The van der Waals surface area contributed by atoms with Crippen molar-refractivity contribution in [1.82, 2.24) is 15.1 Å². The molecule has 2 heterocycles. The highest BCUT2D eigenvalue weighted by Crippen LogP contribution is 2.30. The van der Waals surface area contributed by atoms with E-state index >= 15 is 0 Å². The standard InChI is InChI=1S/C18H23FN4O2S2/c1-12(16(24)23(2)11-13-5-3-6-14(19)9-13)26-18-22-21-17(27-18)20-10-15-7-4-8-25-15/h3,5-6,9,12,15H,4,7-8,10-11H2,1-2H3,(H,20,21). The van der Waals surface area contributed by atoms with E-state index in [-0.39, 0.29) is 23.1 Å². The monoisotopic (exact) mass is 410 g/mol. The SMILES string of the molecule is CC(Sc1nnc(NCC2CCCO2)s1)C(=O)N(C)Cc1cccc(F)c1. The number of hydrogen-bond donors (Lipinski definition) is 1. The van der Waals surface area contributed by atoms with Crippen molar-refractivity contribution in [2.45, 2.75) is 42.0 Å². The van der Waals surface area contributed by atoms with E-state index in [0.29, 0.717) is 6.54 Å². The Kier molecular flexibility index (Phi) is 7.03. The van der Waals surface area contributed by atoms with Crippen LogP contribution in [-0.4, -0.2) is 52.6 Å². The van der Waals surface area contributed by atoms with Crippen LogP contribution in [0.1, 0.15) is 25.3 Å². The van der Waals surface area contributed by atoms with Gasteiger partial charge in [-0.2, -0.15) is 0 Å². The average molecular weight is 411 g/mol. The Labute approximate surface area is 166 Å². The average Bonchev–Trinajstić information content (AvgIpc) is 3.31. The minimum absolute atomic E-state index is 0.0340. The van der Waals surface area contributed by atoms with Crippen LogP contribution in [0.15, 0.2) is 28.6 Å². The van der Waals surface area contributed by atoms with E-state index in [1.807, 2.05) is 6.92 Å². The molecule has 2 unspecified atom stereocenters. The number of carbonyl (C=O) groups excluding carboxylic acids is 1. The molecule has 1 amide bonds. The highest BCUT2D eigenvalue weighted by molar-refractivity contribution is 8.02. The molecule has 0 radical (unpaired) electrons. The van der Waals surface area contributed by atoms with E-state index in [2.05, 4.69) is 15.5 Å². The molecule has 9 heteroatoms. The van der Waals surface area contributed by atoms with Crippen LogP contribution in [0, 0.1) is 5.82 Å². The molecule has 27 heavy (non-hydrogen) atoms. The zero-order chi connectivity index (χ0) is 19.2. The third kappa shape index (κ3) is 5.88. The molecule has 1 aliphatic heterocycles. The zero-order valence-corrected chi connectivity index (χ0v) is 17.0. The van der Waals surface area contributed by atoms with E-state index in [0.717, 1.165) is 41.0 Å². The van der Waals surface area contributed by atoms with Gasteiger partial charge in [-0.05, 0) is 37.5 Å². The van der Waals surface area contributed by atoms with Gasteiger partial charge >= 0.3 is 0 Å². The van der Waals surface area contributed by atoms with Crippen molar-refractivity contribution in [2.75, 3.05) is 25.5 Å². The van der Waals surface area contributed by atoms with Gasteiger partial charge in [0.1, 0.15) is 5.82 Å². The minimum Gasteiger partial charge on any atom is -0.376 e. The van der Waals surface area contributed by atoms with E-state index < -0.39 is 0 Å². The molecule has 6 nitrogen and oxygen atoms in total. The number of nitrogens with zero attached hydrogens (tertiary/aromatic N) is 3. The lowest BCUT2D eigenvalue weighted by Crippen LogP contribution is -2.32. The quantitative estimate of drug-likeness (QED) is 0.673. The summed E-state index contributed by atoms with van der Waals surface area (Å²) < 4.78 is 19.6. The lowest BCUT2D eigenvalue weighted by molar-refractivity contribution is -0.129. The Bertz CT molecular complexity index is 767. The number of thioether (sulfide) groups is 1. The van der Waals surface area contributed by atoms with Gasteiger partial charge in [-0.3, -0.25) is 4.79 Å². The first-order chi connectivity index (χ1) is 13.0. The third-order valence-electron chi connectivity index (χ3n) is 4.22.